The van der Waals surface area contributed by atoms with Gasteiger partial charge in [-0.15, -0.1) is 0 Å². The number of rotatable bonds is 5. The molecule has 0 aliphatic carbocycles. The monoisotopic (exact) mass is 684 g/mol. The maximum atomic E-state index is 14.2. The largest absolute Gasteiger partial charge is 0.451 e. The number of nitrogens with zero attached hydrogens (tertiary/aromatic N) is 2. The maximum absolute atomic E-state index is 14.2. The summed E-state index contributed by atoms with van der Waals surface area (Å²) in [7, 11) is 0. The Morgan fingerprint density at radius 2 is 1.43 bits per heavy atom. The Labute approximate surface area is 255 Å². The number of hydrogen-bond donors (Lipinski definition) is 2. The average molecular weight is 686 g/mol. The Bertz CT molecular complexity index is 1650. The highest BCUT2D eigenvalue weighted by Crippen LogP contribution is 2.34. The lowest BCUT2D eigenvalue weighted by molar-refractivity contribution is 0.0951. The number of piperazine rings is 1. The highest BCUT2D eigenvalue weighted by Gasteiger charge is 2.31. The molecule has 1 saturated heterocycles. The minimum atomic E-state index is -2.20. The van der Waals surface area contributed by atoms with Crippen LogP contribution in [-0.2, 0) is 0 Å². The van der Waals surface area contributed by atoms with Crippen LogP contribution in [0.25, 0.3) is 11.3 Å². The second-order valence-electron chi connectivity index (χ2n) is 9.14. The molecule has 1 fully saturated rings. The Balaban J connectivity index is 1.19. The molecule has 3 aromatic carbocycles. The molecule has 0 radical (unpaired) electrons. The molecule has 1 amide bonds. The standard InChI is InChI=1S/C28H19BrClF5N4O2S/c29-15-3-1-14(2-4-15)19-7-8-20(41-19)27(40)37-28(42)36-16-5-6-18(17(30)13-16)38-9-11-39(12-10-38)26-24(34)22(32)21(31)23(33)25(26)35/h1-8,13H,9-12H2,(H2,36,37,40,42). The molecule has 42 heavy (non-hydrogen) atoms. The van der Waals surface area contributed by atoms with Gasteiger partial charge in [0.15, 0.2) is 34.1 Å². The summed E-state index contributed by atoms with van der Waals surface area (Å²) in [5.41, 5.74) is 0.910. The smallest absolute Gasteiger partial charge is 0.293 e. The second kappa shape index (κ2) is 12.3. The molecule has 14 heteroatoms. The molecular formula is C28H19BrClF5N4O2S. The number of amides is 1. The molecule has 218 valence electrons. The summed E-state index contributed by atoms with van der Waals surface area (Å²) >= 11 is 15.1. The number of hydrogen-bond acceptors (Lipinski definition) is 5. The second-order valence-corrected chi connectivity index (χ2v) is 10.9. The van der Waals surface area contributed by atoms with Crippen molar-refractivity contribution in [3.63, 3.8) is 0 Å². The summed E-state index contributed by atoms with van der Waals surface area (Å²) in [4.78, 5) is 15.5. The quantitative estimate of drug-likeness (QED) is 0.0982. The number of thiocarbonyl (C=S) groups is 1. The Kier molecular flexibility index (Phi) is 8.71. The molecule has 6 nitrogen and oxygen atoms in total. The van der Waals surface area contributed by atoms with Gasteiger partial charge in [-0.2, -0.15) is 0 Å². The third-order valence-electron chi connectivity index (χ3n) is 6.51. The van der Waals surface area contributed by atoms with Crippen molar-refractivity contribution in [1.82, 2.24) is 5.32 Å². The minimum Gasteiger partial charge on any atom is -0.451 e. The fourth-order valence-electron chi connectivity index (χ4n) is 4.44. The molecule has 1 aliphatic rings. The van der Waals surface area contributed by atoms with Gasteiger partial charge in [-0.1, -0.05) is 39.7 Å². The van der Waals surface area contributed by atoms with Crippen molar-refractivity contribution >= 4 is 67.8 Å². The number of nitrogens with one attached hydrogen (secondary N) is 2. The normalized spacial score (nSPS) is 13.3. The molecule has 1 aliphatic heterocycles. The molecule has 0 unspecified atom stereocenters. The summed E-state index contributed by atoms with van der Waals surface area (Å²) in [5.74, 6) is -9.87. The molecular weight excluding hydrogens is 667 g/mol. The van der Waals surface area contributed by atoms with Crippen LogP contribution in [0.3, 0.4) is 0 Å². The van der Waals surface area contributed by atoms with Crippen LogP contribution in [0.4, 0.5) is 39.0 Å². The fourth-order valence-corrected chi connectivity index (χ4v) is 5.21. The lowest BCUT2D eigenvalue weighted by Crippen LogP contribution is -2.47. The Morgan fingerprint density at radius 1 is 0.833 bits per heavy atom. The number of halogens is 7. The molecule has 2 N–H and O–H groups in total. The Hall–Kier alpha value is -3.68. The van der Waals surface area contributed by atoms with Crippen molar-refractivity contribution in [3.05, 3.63) is 98.9 Å². The van der Waals surface area contributed by atoms with Crippen LogP contribution in [0.1, 0.15) is 10.6 Å². The van der Waals surface area contributed by atoms with Gasteiger partial charge in [0.25, 0.3) is 5.91 Å². The zero-order valence-electron chi connectivity index (χ0n) is 21.3. The van der Waals surface area contributed by atoms with Crippen LogP contribution in [0, 0.1) is 29.1 Å². The summed E-state index contributed by atoms with van der Waals surface area (Å²) < 4.78 is 75.7. The van der Waals surface area contributed by atoms with Crippen molar-refractivity contribution in [2.24, 2.45) is 0 Å². The van der Waals surface area contributed by atoms with Gasteiger partial charge in [0.1, 0.15) is 11.4 Å². The van der Waals surface area contributed by atoms with Gasteiger partial charge in [-0.05, 0) is 54.7 Å². The number of carbonyl (C=O) groups is 1. The number of anilines is 3. The van der Waals surface area contributed by atoms with Gasteiger partial charge in [-0.25, -0.2) is 22.0 Å². The molecule has 4 aromatic rings. The number of benzene rings is 3. The Morgan fingerprint density at radius 3 is 2.05 bits per heavy atom. The van der Waals surface area contributed by atoms with E-state index in [4.69, 9.17) is 28.2 Å². The zero-order chi connectivity index (χ0) is 30.1. The lowest BCUT2D eigenvalue weighted by Gasteiger charge is -2.38. The van der Waals surface area contributed by atoms with Crippen molar-refractivity contribution in [1.29, 1.82) is 0 Å². The van der Waals surface area contributed by atoms with E-state index in [1.54, 1.807) is 24.3 Å². The predicted molar refractivity (Wildman–Crippen MR) is 158 cm³/mol. The molecule has 0 saturated carbocycles. The van der Waals surface area contributed by atoms with E-state index in [2.05, 4.69) is 26.6 Å². The fraction of sp³-hybridized carbons (Fsp3) is 0.143. The van der Waals surface area contributed by atoms with E-state index >= 15 is 0 Å². The van der Waals surface area contributed by atoms with Crippen LogP contribution in [0.5, 0.6) is 0 Å². The average Bonchev–Trinajstić information content (AvgIpc) is 3.47. The first kappa shape index (κ1) is 29.8. The van der Waals surface area contributed by atoms with Crippen LogP contribution < -0.4 is 20.4 Å². The maximum Gasteiger partial charge on any atom is 0.293 e. The number of furan rings is 1. The van der Waals surface area contributed by atoms with Crippen molar-refractivity contribution in [2.75, 3.05) is 41.3 Å². The van der Waals surface area contributed by atoms with Gasteiger partial charge in [0, 0.05) is 41.9 Å². The summed E-state index contributed by atoms with van der Waals surface area (Å²) in [6.07, 6.45) is 0. The van der Waals surface area contributed by atoms with E-state index in [1.807, 2.05) is 29.2 Å². The van der Waals surface area contributed by atoms with Crippen LogP contribution >= 0.6 is 39.7 Å². The van der Waals surface area contributed by atoms with E-state index < -0.39 is 40.7 Å². The van der Waals surface area contributed by atoms with Gasteiger partial charge in [0.2, 0.25) is 5.82 Å². The van der Waals surface area contributed by atoms with Crippen LogP contribution in [-0.4, -0.2) is 37.2 Å². The topological polar surface area (TPSA) is 60.8 Å². The molecule has 0 bridgehead atoms. The van der Waals surface area contributed by atoms with E-state index in [0.29, 0.717) is 22.2 Å². The van der Waals surface area contributed by atoms with E-state index in [-0.39, 0.29) is 37.1 Å². The first-order chi connectivity index (χ1) is 20.0. The number of carbonyl (C=O) groups excluding carboxylic acids is 1. The van der Waals surface area contributed by atoms with Crippen molar-refractivity contribution in [2.45, 2.75) is 0 Å². The minimum absolute atomic E-state index is 0.00170. The van der Waals surface area contributed by atoms with Gasteiger partial charge in [-0.3, -0.25) is 10.1 Å². The molecule has 5 rings (SSSR count). The predicted octanol–water partition coefficient (Wildman–Crippen LogP) is 7.51. The van der Waals surface area contributed by atoms with Gasteiger partial charge in [0.05, 0.1) is 10.7 Å². The SMILES string of the molecule is O=C(NC(=S)Nc1ccc(N2CCN(c3c(F)c(F)c(F)c(F)c3F)CC2)c(Cl)c1)c1ccc(-c2ccc(Br)cc2)o1. The summed E-state index contributed by atoms with van der Waals surface area (Å²) in [6.45, 7) is 0.375. The van der Waals surface area contributed by atoms with Crippen molar-refractivity contribution in [3.8, 4) is 11.3 Å². The third kappa shape index (κ3) is 6.08. The highest BCUT2D eigenvalue weighted by molar-refractivity contribution is 9.10. The van der Waals surface area contributed by atoms with Gasteiger partial charge >= 0.3 is 0 Å². The zero-order valence-corrected chi connectivity index (χ0v) is 24.4. The van der Waals surface area contributed by atoms with E-state index in [1.165, 1.54) is 6.07 Å². The van der Waals surface area contributed by atoms with E-state index in [0.717, 1.165) is 14.9 Å². The first-order valence-corrected chi connectivity index (χ1v) is 13.9. The molecule has 0 spiro atoms. The molecule has 1 aromatic heterocycles. The third-order valence-corrected chi connectivity index (χ3v) is 7.55. The van der Waals surface area contributed by atoms with E-state index in [9.17, 15) is 26.7 Å². The summed E-state index contributed by atoms with van der Waals surface area (Å²) in [5, 5.41) is 5.72. The van der Waals surface area contributed by atoms with Crippen molar-refractivity contribution < 1.29 is 31.2 Å². The summed E-state index contributed by atoms with van der Waals surface area (Å²) in [6, 6.07) is 15.5. The molecule has 0 atom stereocenters. The lowest BCUT2D eigenvalue weighted by atomic mass is 10.2. The van der Waals surface area contributed by atoms with Gasteiger partial charge < -0.3 is 19.5 Å². The van der Waals surface area contributed by atoms with Crippen LogP contribution in [0.2, 0.25) is 5.02 Å². The molecule has 2 heterocycles. The first-order valence-electron chi connectivity index (χ1n) is 12.3. The highest BCUT2D eigenvalue weighted by atomic mass is 79.9. The van der Waals surface area contributed by atoms with Crippen LogP contribution in [0.15, 0.2) is 63.5 Å².